The van der Waals surface area contributed by atoms with Gasteiger partial charge in [0.15, 0.2) is 6.61 Å². The number of nitrogens with zero attached hydrogens (tertiary/aromatic N) is 3. The van der Waals surface area contributed by atoms with Crippen LogP contribution >= 0.6 is 0 Å². The van der Waals surface area contributed by atoms with E-state index in [1.807, 2.05) is 11.0 Å². The highest BCUT2D eigenvalue weighted by molar-refractivity contribution is 5.78. The minimum Gasteiger partial charge on any atom is -0.483 e. The van der Waals surface area contributed by atoms with E-state index in [2.05, 4.69) is 64.6 Å². The average molecular weight is 386 g/mol. The Kier molecular flexibility index (Phi) is 7.11. The number of hydrogen-bond acceptors (Lipinski definition) is 4. The topological polar surface area (TPSA) is 56.6 Å². The monoisotopic (exact) mass is 385 g/mol. The average Bonchev–Trinajstić information content (AvgIpc) is 2.63. The summed E-state index contributed by atoms with van der Waals surface area (Å²) in [6.07, 6.45) is 0.539. The lowest BCUT2D eigenvalue weighted by Crippen LogP contribution is -2.50. The molecule has 1 saturated heterocycles. The van der Waals surface area contributed by atoms with Gasteiger partial charge in [0.1, 0.15) is 5.75 Å². The number of carbonyl (C=O) groups is 1. The van der Waals surface area contributed by atoms with E-state index in [0.29, 0.717) is 19.5 Å². The van der Waals surface area contributed by atoms with Crippen LogP contribution in [0.25, 0.3) is 0 Å². The first-order chi connectivity index (χ1) is 13.0. The molecule has 0 atom stereocenters. The highest BCUT2D eigenvalue weighted by Gasteiger charge is 2.25. The molecule has 2 rings (SSSR count). The van der Waals surface area contributed by atoms with E-state index < -0.39 is 0 Å². The highest BCUT2D eigenvalue weighted by Crippen LogP contribution is 2.35. The maximum absolute atomic E-state index is 12.6. The summed E-state index contributed by atoms with van der Waals surface area (Å²) in [6, 6.07) is 8.50. The molecule has 1 aliphatic rings. The Morgan fingerprint density at radius 1 is 1.07 bits per heavy atom. The number of hydrogen-bond donors (Lipinski definition) is 0. The van der Waals surface area contributed by atoms with Gasteiger partial charge in [0, 0.05) is 39.1 Å². The molecule has 1 heterocycles. The molecule has 0 aliphatic carbocycles. The number of amides is 1. The Labute approximate surface area is 170 Å². The normalized spacial score (nSPS) is 16.0. The van der Waals surface area contributed by atoms with Crippen molar-refractivity contribution in [2.24, 2.45) is 0 Å². The quantitative estimate of drug-likeness (QED) is 0.775. The minimum atomic E-state index is -0.0635. The van der Waals surface area contributed by atoms with Gasteiger partial charge < -0.3 is 9.64 Å². The summed E-state index contributed by atoms with van der Waals surface area (Å²) in [5.74, 6) is 0.821. The molecule has 1 aromatic carbocycles. The van der Waals surface area contributed by atoms with Crippen LogP contribution in [0.5, 0.6) is 5.75 Å². The van der Waals surface area contributed by atoms with Crippen LogP contribution in [0.4, 0.5) is 0 Å². The molecule has 1 aromatic rings. The van der Waals surface area contributed by atoms with E-state index in [1.54, 1.807) is 0 Å². The minimum absolute atomic E-state index is 0.0275. The number of ether oxygens (including phenoxy) is 1. The molecule has 5 nitrogen and oxygen atoms in total. The van der Waals surface area contributed by atoms with Crippen LogP contribution in [0.2, 0.25) is 0 Å². The molecule has 0 aromatic heterocycles. The molecule has 0 saturated carbocycles. The summed E-state index contributed by atoms with van der Waals surface area (Å²) >= 11 is 0. The van der Waals surface area contributed by atoms with Crippen LogP contribution in [0.1, 0.15) is 59.1 Å². The number of benzene rings is 1. The first kappa shape index (κ1) is 22.2. The summed E-state index contributed by atoms with van der Waals surface area (Å²) in [7, 11) is 0. The molecular weight excluding hydrogens is 350 g/mol. The van der Waals surface area contributed by atoms with Crippen molar-refractivity contribution in [3.05, 3.63) is 29.3 Å². The first-order valence-electron chi connectivity index (χ1n) is 10.2. The van der Waals surface area contributed by atoms with Crippen molar-refractivity contribution in [2.75, 3.05) is 39.3 Å². The highest BCUT2D eigenvalue weighted by atomic mass is 16.5. The predicted octanol–water partition coefficient (Wildman–Crippen LogP) is 3.72. The lowest BCUT2D eigenvalue weighted by molar-refractivity contribution is -0.135. The summed E-state index contributed by atoms with van der Waals surface area (Å²) in [6.45, 7) is 17.0. The van der Waals surface area contributed by atoms with Gasteiger partial charge in [0.2, 0.25) is 0 Å². The van der Waals surface area contributed by atoms with Gasteiger partial charge in [0.05, 0.1) is 6.07 Å². The van der Waals surface area contributed by atoms with Crippen molar-refractivity contribution in [1.82, 2.24) is 9.80 Å². The van der Waals surface area contributed by atoms with E-state index in [1.165, 1.54) is 5.56 Å². The zero-order valence-electron chi connectivity index (χ0n) is 18.3. The van der Waals surface area contributed by atoms with Crippen molar-refractivity contribution in [2.45, 2.75) is 58.8 Å². The molecule has 1 amide bonds. The van der Waals surface area contributed by atoms with Crippen LogP contribution in [0.15, 0.2) is 18.2 Å². The largest absolute Gasteiger partial charge is 0.483 e. The second kappa shape index (κ2) is 8.96. The van der Waals surface area contributed by atoms with Crippen LogP contribution < -0.4 is 4.74 Å². The van der Waals surface area contributed by atoms with E-state index in [4.69, 9.17) is 10.00 Å². The van der Waals surface area contributed by atoms with Gasteiger partial charge in [-0.05, 0) is 28.0 Å². The second-order valence-corrected chi connectivity index (χ2v) is 9.63. The summed E-state index contributed by atoms with van der Waals surface area (Å²) in [5.41, 5.74) is 2.41. The Balaban J connectivity index is 2.00. The van der Waals surface area contributed by atoms with Crippen LogP contribution in [-0.4, -0.2) is 55.0 Å². The van der Waals surface area contributed by atoms with Crippen LogP contribution in [0, 0.1) is 11.3 Å². The molecule has 0 radical (unpaired) electrons. The number of rotatable bonds is 5. The molecule has 1 aliphatic heterocycles. The molecule has 0 bridgehead atoms. The molecule has 0 spiro atoms. The van der Waals surface area contributed by atoms with Crippen molar-refractivity contribution in [3.63, 3.8) is 0 Å². The van der Waals surface area contributed by atoms with Gasteiger partial charge in [-0.15, -0.1) is 0 Å². The molecule has 1 fully saturated rings. The van der Waals surface area contributed by atoms with Gasteiger partial charge in [-0.2, -0.15) is 5.26 Å². The molecule has 0 unspecified atom stereocenters. The zero-order valence-corrected chi connectivity index (χ0v) is 18.3. The molecule has 154 valence electrons. The zero-order chi connectivity index (χ0) is 20.9. The lowest BCUT2D eigenvalue weighted by atomic mass is 9.80. The Morgan fingerprint density at radius 2 is 1.71 bits per heavy atom. The number of nitriles is 1. The van der Waals surface area contributed by atoms with E-state index >= 15 is 0 Å². The van der Waals surface area contributed by atoms with Crippen molar-refractivity contribution >= 4 is 5.91 Å². The van der Waals surface area contributed by atoms with Gasteiger partial charge in [-0.1, -0.05) is 53.7 Å². The number of piperazine rings is 1. The molecule has 5 heteroatoms. The van der Waals surface area contributed by atoms with Gasteiger partial charge in [-0.25, -0.2) is 0 Å². The fourth-order valence-electron chi connectivity index (χ4n) is 3.37. The van der Waals surface area contributed by atoms with E-state index in [9.17, 15) is 4.79 Å². The third kappa shape index (κ3) is 5.97. The third-order valence-electron chi connectivity index (χ3n) is 5.27. The van der Waals surface area contributed by atoms with E-state index in [0.717, 1.165) is 30.9 Å². The Bertz CT molecular complexity index is 715. The van der Waals surface area contributed by atoms with Crippen molar-refractivity contribution in [3.8, 4) is 11.8 Å². The Hall–Kier alpha value is -2.06. The van der Waals surface area contributed by atoms with Crippen LogP contribution in [0.3, 0.4) is 0 Å². The maximum Gasteiger partial charge on any atom is 0.260 e. The third-order valence-corrected chi connectivity index (χ3v) is 5.27. The fourth-order valence-corrected chi connectivity index (χ4v) is 3.37. The van der Waals surface area contributed by atoms with Gasteiger partial charge >= 0.3 is 0 Å². The van der Waals surface area contributed by atoms with Crippen molar-refractivity contribution in [1.29, 1.82) is 5.26 Å². The van der Waals surface area contributed by atoms with Crippen molar-refractivity contribution < 1.29 is 9.53 Å². The summed E-state index contributed by atoms with van der Waals surface area (Å²) in [4.78, 5) is 16.7. The summed E-state index contributed by atoms with van der Waals surface area (Å²) < 4.78 is 5.99. The maximum atomic E-state index is 12.6. The molecule has 0 N–H and O–H groups in total. The fraction of sp³-hybridized carbons (Fsp3) is 0.652. The molecule has 28 heavy (non-hydrogen) atoms. The SMILES string of the molecule is CC(C)(C)c1ccc(OCC(=O)N2CCN(CCC#N)CC2)c(C(C)(C)C)c1. The molecular formula is C23H35N3O2. The van der Waals surface area contributed by atoms with Crippen LogP contribution in [-0.2, 0) is 15.6 Å². The lowest BCUT2D eigenvalue weighted by Gasteiger charge is -2.34. The number of carbonyl (C=O) groups excluding carboxylic acids is 1. The summed E-state index contributed by atoms with van der Waals surface area (Å²) in [5, 5.41) is 8.70. The standard InChI is InChI=1S/C23H35N3O2/c1-22(2,3)18-8-9-20(19(16-18)23(4,5)6)28-17-21(27)26-14-12-25(13-15-26)11-7-10-24/h8-9,16H,7,11-15,17H2,1-6H3. The predicted molar refractivity (Wildman–Crippen MR) is 113 cm³/mol. The second-order valence-electron chi connectivity index (χ2n) is 9.63. The smallest absolute Gasteiger partial charge is 0.260 e. The Morgan fingerprint density at radius 3 is 2.25 bits per heavy atom. The van der Waals surface area contributed by atoms with E-state index in [-0.39, 0.29) is 23.3 Å². The first-order valence-corrected chi connectivity index (χ1v) is 10.2. The van der Waals surface area contributed by atoms with Gasteiger partial charge in [-0.3, -0.25) is 9.69 Å². The van der Waals surface area contributed by atoms with Gasteiger partial charge in [0.25, 0.3) is 5.91 Å².